The Labute approximate surface area is 162 Å². The monoisotopic (exact) mass is 365 g/mol. The van der Waals surface area contributed by atoms with Crippen LogP contribution in [0.4, 0.5) is 0 Å². The van der Waals surface area contributed by atoms with E-state index in [1.807, 2.05) is 25.1 Å². The van der Waals surface area contributed by atoms with Gasteiger partial charge in [0.15, 0.2) is 0 Å². The highest BCUT2D eigenvalue weighted by atomic mass is 16.6. The van der Waals surface area contributed by atoms with Gasteiger partial charge in [-0.05, 0) is 71.6 Å². The average molecular weight is 366 g/mol. The van der Waals surface area contributed by atoms with E-state index in [1.165, 1.54) is 12.8 Å². The molecule has 0 heterocycles. The van der Waals surface area contributed by atoms with E-state index < -0.39 is 0 Å². The molecule has 1 saturated carbocycles. The van der Waals surface area contributed by atoms with Gasteiger partial charge >= 0.3 is 0 Å². The number of aliphatic hydroxyl groups excluding tert-OH is 1. The van der Waals surface area contributed by atoms with E-state index in [-0.39, 0.29) is 12.7 Å². The quantitative estimate of drug-likeness (QED) is 0.552. The standard InChI is InChI=1S/C24H31NO2/c1-17-8-12-21(13-9-17)24(27-25)23(20-6-4-3-5-7-20)15-19-11-10-18(2)22(14-19)16-26/h3-7,10-11,14-15,17,21,24,26H,8-9,12-13,16,25H2,1-2H3. The second-order valence-corrected chi connectivity index (χ2v) is 7.89. The van der Waals surface area contributed by atoms with Crippen molar-refractivity contribution in [2.45, 2.75) is 52.2 Å². The first-order chi connectivity index (χ1) is 13.1. The first-order valence-corrected chi connectivity index (χ1v) is 9.95. The highest BCUT2D eigenvalue weighted by molar-refractivity contribution is 5.84. The lowest BCUT2D eigenvalue weighted by atomic mass is 9.77. The number of benzene rings is 2. The highest BCUT2D eigenvalue weighted by Crippen LogP contribution is 2.37. The maximum Gasteiger partial charge on any atom is 0.107 e. The van der Waals surface area contributed by atoms with Gasteiger partial charge in [-0.1, -0.05) is 62.2 Å². The maximum absolute atomic E-state index is 9.61. The van der Waals surface area contributed by atoms with E-state index in [2.05, 4.69) is 43.3 Å². The highest BCUT2D eigenvalue weighted by Gasteiger charge is 2.30. The number of rotatable bonds is 6. The van der Waals surface area contributed by atoms with E-state index in [1.54, 1.807) is 0 Å². The second-order valence-electron chi connectivity index (χ2n) is 7.89. The van der Waals surface area contributed by atoms with Crippen molar-refractivity contribution >= 4 is 11.6 Å². The third kappa shape index (κ3) is 4.86. The smallest absolute Gasteiger partial charge is 0.107 e. The van der Waals surface area contributed by atoms with Crippen LogP contribution in [0.15, 0.2) is 48.5 Å². The summed E-state index contributed by atoms with van der Waals surface area (Å²) in [5.41, 5.74) is 5.37. The van der Waals surface area contributed by atoms with E-state index in [9.17, 15) is 5.11 Å². The van der Waals surface area contributed by atoms with E-state index in [4.69, 9.17) is 10.7 Å². The number of nitrogens with two attached hydrogens (primary N) is 1. The van der Waals surface area contributed by atoms with Crippen molar-refractivity contribution in [3.63, 3.8) is 0 Å². The predicted molar refractivity (Wildman–Crippen MR) is 112 cm³/mol. The van der Waals surface area contributed by atoms with Crippen molar-refractivity contribution in [2.24, 2.45) is 17.7 Å². The van der Waals surface area contributed by atoms with Gasteiger partial charge in [0.25, 0.3) is 0 Å². The summed E-state index contributed by atoms with van der Waals surface area (Å²) in [5, 5.41) is 9.61. The summed E-state index contributed by atoms with van der Waals surface area (Å²) < 4.78 is 0. The van der Waals surface area contributed by atoms with Crippen LogP contribution < -0.4 is 5.90 Å². The van der Waals surface area contributed by atoms with Gasteiger partial charge in [-0.15, -0.1) is 0 Å². The third-order valence-electron chi connectivity index (χ3n) is 5.91. The van der Waals surface area contributed by atoms with Gasteiger partial charge in [-0.3, -0.25) is 4.84 Å². The van der Waals surface area contributed by atoms with Gasteiger partial charge in [0, 0.05) is 0 Å². The summed E-state index contributed by atoms with van der Waals surface area (Å²) in [5.74, 6) is 7.05. The van der Waals surface area contributed by atoms with Crippen molar-refractivity contribution in [3.05, 3.63) is 70.8 Å². The van der Waals surface area contributed by atoms with E-state index >= 15 is 0 Å². The Morgan fingerprint density at radius 1 is 1.15 bits per heavy atom. The van der Waals surface area contributed by atoms with Crippen LogP contribution in [-0.4, -0.2) is 11.2 Å². The molecular formula is C24H31NO2. The lowest BCUT2D eigenvalue weighted by Crippen LogP contribution is -2.31. The molecule has 1 fully saturated rings. The molecule has 3 rings (SSSR count). The molecule has 0 aromatic heterocycles. The Kier molecular flexibility index (Phi) is 6.84. The average Bonchev–Trinajstić information content (AvgIpc) is 2.71. The van der Waals surface area contributed by atoms with Gasteiger partial charge in [0.2, 0.25) is 0 Å². The van der Waals surface area contributed by atoms with Gasteiger partial charge < -0.3 is 5.11 Å². The lowest BCUT2D eigenvalue weighted by Gasteiger charge is -2.33. The summed E-state index contributed by atoms with van der Waals surface area (Å²) in [6.45, 7) is 4.39. The van der Waals surface area contributed by atoms with Crippen molar-refractivity contribution < 1.29 is 9.94 Å². The summed E-state index contributed by atoms with van der Waals surface area (Å²) in [6, 6.07) is 16.6. The molecule has 1 unspecified atom stereocenters. The van der Waals surface area contributed by atoms with Crippen LogP contribution in [0, 0.1) is 18.8 Å². The summed E-state index contributed by atoms with van der Waals surface area (Å²) in [4.78, 5) is 5.58. The van der Waals surface area contributed by atoms with E-state index in [0.717, 1.165) is 46.6 Å². The molecule has 1 aliphatic carbocycles. The topological polar surface area (TPSA) is 55.5 Å². The van der Waals surface area contributed by atoms with Gasteiger partial charge in [-0.25, -0.2) is 5.90 Å². The van der Waals surface area contributed by atoms with Crippen LogP contribution in [-0.2, 0) is 11.4 Å². The molecule has 0 bridgehead atoms. The number of aryl methyl sites for hydroxylation is 1. The van der Waals surface area contributed by atoms with Crippen molar-refractivity contribution in [3.8, 4) is 0 Å². The molecule has 3 N–H and O–H groups in total. The van der Waals surface area contributed by atoms with Crippen LogP contribution in [0.25, 0.3) is 11.6 Å². The first-order valence-electron chi connectivity index (χ1n) is 9.95. The SMILES string of the molecule is Cc1ccc(C=C(c2ccccc2)C(ON)C2CCC(C)CC2)cc1CO. The van der Waals surface area contributed by atoms with Crippen LogP contribution in [0.5, 0.6) is 0 Å². The Balaban J connectivity index is 2.00. The molecule has 144 valence electrons. The van der Waals surface area contributed by atoms with Crippen molar-refractivity contribution in [1.29, 1.82) is 0 Å². The zero-order valence-electron chi connectivity index (χ0n) is 16.4. The fourth-order valence-electron chi connectivity index (χ4n) is 4.12. The fraction of sp³-hybridized carbons (Fsp3) is 0.417. The third-order valence-corrected chi connectivity index (χ3v) is 5.91. The Bertz CT molecular complexity index is 761. The Morgan fingerprint density at radius 3 is 2.48 bits per heavy atom. The zero-order chi connectivity index (χ0) is 19.2. The van der Waals surface area contributed by atoms with Gasteiger partial charge in [0.1, 0.15) is 6.10 Å². The lowest BCUT2D eigenvalue weighted by molar-refractivity contribution is 0.0336. The molecule has 2 aromatic rings. The summed E-state index contributed by atoms with van der Waals surface area (Å²) in [7, 11) is 0. The van der Waals surface area contributed by atoms with Crippen LogP contribution in [0.2, 0.25) is 0 Å². The maximum atomic E-state index is 9.61. The Hall–Kier alpha value is -1.94. The summed E-state index contributed by atoms with van der Waals surface area (Å²) >= 11 is 0. The zero-order valence-corrected chi connectivity index (χ0v) is 16.4. The first kappa shape index (κ1) is 19.8. The van der Waals surface area contributed by atoms with Crippen molar-refractivity contribution in [1.82, 2.24) is 0 Å². The number of aliphatic hydroxyl groups is 1. The summed E-state index contributed by atoms with van der Waals surface area (Å²) in [6.07, 6.45) is 6.78. The molecular weight excluding hydrogens is 334 g/mol. The molecule has 0 saturated heterocycles. The molecule has 0 spiro atoms. The van der Waals surface area contributed by atoms with Crippen molar-refractivity contribution in [2.75, 3.05) is 0 Å². The Morgan fingerprint density at radius 2 is 1.85 bits per heavy atom. The number of hydrogen-bond donors (Lipinski definition) is 2. The molecule has 3 nitrogen and oxygen atoms in total. The van der Waals surface area contributed by atoms with E-state index in [0.29, 0.717) is 5.92 Å². The number of hydrogen-bond acceptors (Lipinski definition) is 3. The predicted octanol–water partition coefficient (Wildman–Crippen LogP) is 5.11. The molecule has 2 aromatic carbocycles. The van der Waals surface area contributed by atoms with Gasteiger partial charge in [-0.2, -0.15) is 0 Å². The van der Waals surface area contributed by atoms with Gasteiger partial charge in [0.05, 0.1) is 6.61 Å². The molecule has 0 amide bonds. The molecule has 1 atom stereocenters. The molecule has 0 radical (unpaired) electrons. The molecule has 27 heavy (non-hydrogen) atoms. The minimum atomic E-state index is -0.126. The fourth-order valence-corrected chi connectivity index (χ4v) is 4.12. The van der Waals surface area contributed by atoms with Crippen LogP contribution in [0.3, 0.4) is 0 Å². The minimum Gasteiger partial charge on any atom is -0.392 e. The largest absolute Gasteiger partial charge is 0.392 e. The molecule has 1 aliphatic rings. The van der Waals surface area contributed by atoms with Crippen LogP contribution in [0.1, 0.15) is 54.9 Å². The van der Waals surface area contributed by atoms with Crippen LogP contribution >= 0.6 is 0 Å². The normalized spacial score (nSPS) is 21.9. The molecule has 3 heteroatoms. The molecule has 0 aliphatic heterocycles. The second kappa shape index (κ2) is 9.32. The minimum absolute atomic E-state index is 0.0471.